The van der Waals surface area contributed by atoms with E-state index in [4.69, 9.17) is 18.0 Å². The highest BCUT2D eigenvalue weighted by Crippen LogP contribution is 2.36. The average Bonchev–Trinajstić information content (AvgIpc) is 2.47. The summed E-state index contributed by atoms with van der Waals surface area (Å²) in [4.78, 5) is 0.335. The van der Waals surface area contributed by atoms with E-state index in [9.17, 15) is 8.42 Å². The van der Waals surface area contributed by atoms with E-state index in [1.54, 1.807) is 28.6 Å². The maximum absolute atomic E-state index is 12.8. The van der Waals surface area contributed by atoms with Gasteiger partial charge in [-0.25, -0.2) is 8.42 Å². The van der Waals surface area contributed by atoms with Gasteiger partial charge in [0.25, 0.3) is 0 Å². The summed E-state index contributed by atoms with van der Waals surface area (Å²) < 4.78 is 27.2. The number of piperidine rings is 1. The van der Waals surface area contributed by atoms with E-state index in [-0.39, 0.29) is 15.3 Å². The van der Waals surface area contributed by atoms with Crippen LogP contribution in [0.4, 0.5) is 0 Å². The third-order valence-corrected chi connectivity index (χ3v) is 6.73. The molecule has 1 aromatic carbocycles. The number of nitrogens with two attached hydrogens (primary N) is 1. The predicted molar refractivity (Wildman–Crippen MR) is 88.7 cm³/mol. The second-order valence-electron chi connectivity index (χ2n) is 5.93. The largest absolute Gasteiger partial charge is 0.389 e. The number of rotatable bonds is 4. The van der Waals surface area contributed by atoms with Crippen LogP contribution in [0.25, 0.3) is 0 Å². The Morgan fingerprint density at radius 2 is 1.90 bits per heavy atom. The molecule has 1 saturated heterocycles. The van der Waals surface area contributed by atoms with Crippen molar-refractivity contribution in [1.29, 1.82) is 0 Å². The first-order valence-electron chi connectivity index (χ1n) is 7.19. The predicted octanol–water partition coefficient (Wildman–Crippen LogP) is 2.52. The molecule has 1 heterocycles. The van der Waals surface area contributed by atoms with Gasteiger partial charge in [-0.1, -0.05) is 50.7 Å². The Morgan fingerprint density at radius 3 is 2.43 bits per heavy atom. The molecule has 4 nitrogen and oxygen atoms in total. The molecule has 1 aliphatic rings. The van der Waals surface area contributed by atoms with E-state index in [1.165, 1.54) is 0 Å². The Morgan fingerprint density at radius 1 is 1.33 bits per heavy atom. The van der Waals surface area contributed by atoms with Crippen molar-refractivity contribution in [2.45, 2.75) is 38.0 Å². The SMILES string of the molecule is CCC1(C)CCN(S(=O)(=O)c2ccccc2C(N)=S)CC1. The van der Waals surface area contributed by atoms with Crippen LogP contribution in [0.1, 0.15) is 38.7 Å². The third-order valence-electron chi connectivity index (χ3n) is 4.55. The highest BCUT2D eigenvalue weighted by molar-refractivity contribution is 7.89. The van der Waals surface area contributed by atoms with Crippen molar-refractivity contribution in [2.24, 2.45) is 11.1 Å². The lowest BCUT2D eigenvalue weighted by Gasteiger charge is -2.38. The van der Waals surface area contributed by atoms with Crippen LogP contribution in [0.5, 0.6) is 0 Å². The Balaban J connectivity index is 2.30. The van der Waals surface area contributed by atoms with E-state index in [1.807, 2.05) is 0 Å². The normalized spacial score (nSPS) is 19.3. The number of hydrogen-bond donors (Lipinski definition) is 1. The van der Waals surface area contributed by atoms with Crippen molar-refractivity contribution in [3.63, 3.8) is 0 Å². The Labute approximate surface area is 132 Å². The molecule has 0 spiro atoms. The number of sulfonamides is 1. The van der Waals surface area contributed by atoms with Gasteiger partial charge in [0.15, 0.2) is 0 Å². The third kappa shape index (κ3) is 3.27. The molecule has 21 heavy (non-hydrogen) atoms. The van der Waals surface area contributed by atoms with E-state index in [2.05, 4.69) is 13.8 Å². The number of hydrogen-bond acceptors (Lipinski definition) is 3. The standard InChI is InChI=1S/C15H22N2O2S2/c1-3-15(2)8-10-17(11-9-15)21(18,19)13-7-5-4-6-12(13)14(16)20/h4-7H,3,8-11H2,1-2H3,(H2,16,20). The molecule has 1 aliphatic heterocycles. The van der Waals surface area contributed by atoms with Crippen LogP contribution in [0.3, 0.4) is 0 Å². The van der Waals surface area contributed by atoms with Crippen LogP contribution < -0.4 is 5.73 Å². The molecule has 0 aliphatic carbocycles. The van der Waals surface area contributed by atoms with Gasteiger partial charge < -0.3 is 5.73 Å². The zero-order valence-corrected chi connectivity index (χ0v) is 14.1. The first kappa shape index (κ1) is 16.4. The van der Waals surface area contributed by atoms with Crippen molar-refractivity contribution in [3.8, 4) is 0 Å². The van der Waals surface area contributed by atoms with Crippen molar-refractivity contribution >= 4 is 27.2 Å². The molecule has 0 amide bonds. The van der Waals surface area contributed by atoms with Gasteiger partial charge in [-0.3, -0.25) is 0 Å². The quantitative estimate of drug-likeness (QED) is 0.864. The van der Waals surface area contributed by atoms with Gasteiger partial charge in [0.2, 0.25) is 10.0 Å². The molecule has 0 aromatic heterocycles. The lowest BCUT2D eigenvalue weighted by molar-refractivity contribution is 0.169. The summed E-state index contributed by atoms with van der Waals surface area (Å²) >= 11 is 4.97. The van der Waals surface area contributed by atoms with Gasteiger partial charge in [-0.05, 0) is 24.3 Å². The minimum absolute atomic E-state index is 0.115. The summed E-state index contributed by atoms with van der Waals surface area (Å²) in [6.07, 6.45) is 2.85. The van der Waals surface area contributed by atoms with E-state index >= 15 is 0 Å². The van der Waals surface area contributed by atoms with E-state index in [0.29, 0.717) is 18.7 Å². The lowest BCUT2D eigenvalue weighted by Crippen LogP contribution is -2.42. The van der Waals surface area contributed by atoms with Crippen LogP contribution in [-0.4, -0.2) is 30.8 Å². The number of thiocarbonyl (C=S) groups is 1. The van der Waals surface area contributed by atoms with Gasteiger partial charge in [0, 0.05) is 18.7 Å². The van der Waals surface area contributed by atoms with Gasteiger partial charge in [0.1, 0.15) is 4.99 Å². The van der Waals surface area contributed by atoms with Crippen molar-refractivity contribution in [2.75, 3.05) is 13.1 Å². The number of benzene rings is 1. The maximum atomic E-state index is 12.8. The molecule has 0 atom stereocenters. The zero-order chi connectivity index (χ0) is 15.7. The summed E-state index contributed by atoms with van der Waals surface area (Å²) in [5, 5.41) is 0. The molecule has 1 fully saturated rings. The molecule has 6 heteroatoms. The van der Waals surface area contributed by atoms with Crippen molar-refractivity contribution in [3.05, 3.63) is 29.8 Å². The van der Waals surface area contributed by atoms with E-state index < -0.39 is 10.0 Å². The highest BCUT2D eigenvalue weighted by atomic mass is 32.2. The average molecular weight is 326 g/mol. The van der Waals surface area contributed by atoms with E-state index in [0.717, 1.165) is 19.3 Å². The summed E-state index contributed by atoms with van der Waals surface area (Å²) in [6.45, 7) is 5.49. The topological polar surface area (TPSA) is 63.4 Å². The van der Waals surface area contributed by atoms with Gasteiger partial charge in [0.05, 0.1) is 4.90 Å². The fraction of sp³-hybridized carbons (Fsp3) is 0.533. The van der Waals surface area contributed by atoms with Crippen LogP contribution in [0, 0.1) is 5.41 Å². The minimum atomic E-state index is -3.53. The second-order valence-corrected chi connectivity index (χ2v) is 8.27. The minimum Gasteiger partial charge on any atom is -0.389 e. The molecule has 0 unspecified atom stereocenters. The summed E-state index contributed by atoms with van der Waals surface area (Å²) in [7, 11) is -3.53. The molecule has 0 radical (unpaired) electrons. The van der Waals surface area contributed by atoms with Crippen molar-refractivity contribution in [1.82, 2.24) is 4.31 Å². The second kappa shape index (κ2) is 6.02. The Bertz CT molecular complexity index is 633. The molecule has 116 valence electrons. The van der Waals surface area contributed by atoms with Gasteiger partial charge >= 0.3 is 0 Å². The van der Waals surface area contributed by atoms with Gasteiger partial charge in [-0.15, -0.1) is 0 Å². The van der Waals surface area contributed by atoms with Crippen molar-refractivity contribution < 1.29 is 8.42 Å². The van der Waals surface area contributed by atoms with Crippen LogP contribution in [0.2, 0.25) is 0 Å². The summed E-state index contributed by atoms with van der Waals surface area (Å²) in [6, 6.07) is 6.69. The monoisotopic (exact) mass is 326 g/mol. The lowest BCUT2D eigenvalue weighted by atomic mass is 9.79. The fourth-order valence-electron chi connectivity index (χ4n) is 2.65. The van der Waals surface area contributed by atoms with Crippen LogP contribution >= 0.6 is 12.2 Å². The van der Waals surface area contributed by atoms with Crippen LogP contribution in [-0.2, 0) is 10.0 Å². The Hall–Kier alpha value is -0.980. The Kier molecular flexibility index (Phi) is 4.70. The maximum Gasteiger partial charge on any atom is 0.243 e. The molecule has 2 rings (SSSR count). The molecular weight excluding hydrogens is 304 g/mol. The molecule has 0 bridgehead atoms. The summed E-state index contributed by atoms with van der Waals surface area (Å²) in [5.41, 5.74) is 6.33. The molecule has 1 aromatic rings. The first-order chi connectivity index (χ1) is 9.80. The number of nitrogens with zero attached hydrogens (tertiary/aromatic N) is 1. The molecule has 2 N–H and O–H groups in total. The molecule has 0 saturated carbocycles. The fourth-order valence-corrected chi connectivity index (χ4v) is 4.54. The zero-order valence-electron chi connectivity index (χ0n) is 12.5. The summed E-state index contributed by atoms with van der Waals surface area (Å²) in [5.74, 6) is 0. The van der Waals surface area contributed by atoms with Crippen LogP contribution in [0.15, 0.2) is 29.2 Å². The van der Waals surface area contributed by atoms with Gasteiger partial charge in [-0.2, -0.15) is 4.31 Å². The highest BCUT2D eigenvalue weighted by Gasteiger charge is 2.35. The first-order valence-corrected chi connectivity index (χ1v) is 9.04. The molecular formula is C15H22N2O2S2. The smallest absolute Gasteiger partial charge is 0.243 e.